The Morgan fingerprint density at radius 3 is 2.94 bits per heavy atom. The highest BCUT2D eigenvalue weighted by Crippen LogP contribution is 2.31. The van der Waals surface area contributed by atoms with Gasteiger partial charge in [-0.05, 0) is 49.6 Å². The first kappa shape index (κ1) is 21.0. The van der Waals surface area contributed by atoms with Gasteiger partial charge in [0.15, 0.2) is 0 Å². The standard InChI is InChI=1S/C24H26FN3O3/c1-2-31-24(30)18-8-6-11-27(16-18)23(29)14-20(17-7-5-9-19(25)13-17)21-15-26-22-10-3-4-12-28(21)22/h3-5,7,9-10,12-13,15,18,20H,2,6,8,11,14,16H2,1H3. The molecule has 3 aromatic rings. The number of carbonyl (C=O) groups excluding carboxylic acids is 2. The van der Waals surface area contributed by atoms with E-state index < -0.39 is 0 Å². The molecule has 162 valence electrons. The van der Waals surface area contributed by atoms with E-state index in [1.165, 1.54) is 12.1 Å². The van der Waals surface area contributed by atoms with Gasteiger partial charge < -0.3 is 14.0 Å². The highest BCUT2D eigenvalue weighted by molar-refractivity contribution is 5.79. The number of imidazole rings is 1. The molecule has 6 nitrogen and oxygen atoms in total. The van der Waals surface area contributed by atoms with Gasteiger partial charge in [-0.2, -0.15) is 0 Å². The van der Waals surface area contributed by atoms with Crippen LogP contribution in [-0.2, 0) is 14.3 Å². The van der Waals surface area contributed by atoms with Crippen molar-refractivity contribution in [1.29, 1.82) is 0 Å². The maximum absolute atomic E-state index is 14.0. The minimum atomic E-state index is -0.358. The highest BCUT2D eigenvalue weighted by Gasteiger charge is 2.31. The first-order chi connectivity index (χ1) is 15.1. The van der Waals surface area contributed by atoms with Crippen LogP contribution in [0.5, 0.6) is 0 Å². The predicted octanol–water partition coefficient (Wildman–Crippen LogP) is 3.80. The van der Waals surface area contributed by atoms with Gasteiger partial charge in [0.05, 0.1) is 18.2 Å². The zero-order chi connectivity index (χ0) is 21.8. The maximum Gasteiger partial charge on any atom is 0.310 e. The molecule has 1 saturated heterocycles. The maximum atomic E-state index is 14.0. The van der Waals surface area contributed by atoms with Crippen molar-refractivity contribution in [2.24, 2.45) is 5.92 Å². The van der Waals surface area contributed by atoms with Crippen LogP contribution in [0.2, 0.25) is 0 Å². The molecule has 1 fully saturated rings. The fourth-order valence-electron chi connectivity index (χ4n) is 4.29. The average molecular weight is 423 g/mol. The van der Waals surface area contributed by atoms with Crippen LogP contribution >= 0.6 is 0 Å². The molecule has 4 rings (SSSR count). The van der Waals surface area contributed by atoms with E-state index in [0.29, 0.717) is 19.7 Å². The van der Waals surface area contributed by atoms with Crippen molar-refractivity contribution in [1.82, 2.24) is 14.3 Å². The Labute approximate surface area is 180 Å². The third kappa shape index (κ3) is 4.60. The fourth-order valence-corrected chi connectivity index (χ4v) is 4.29. The van der Waals surface area contributed by atoms with Crippen LogP contribution < -0.4 is 0 Å². The summed E-state index contributed by atoms with van der Waals surface area (Å²) in [5, 5.41) is 0. The van der Waals surface area contributed by atoms with E-state index in [1.54, 1.807) is 24.1 Å². The van der Waals surface area contributed by atoms with Gasteiger partial charge in [-0.15, -0.1) is 0 Å². The molecule has 0 spiro atoms. The number of nitrogens with zero attached hydrogens (tertiary/aromatic N) is 3. The lowest BCUT2D eigenvalue weighted by Gasteiger charge is -2.32. The molecule has 31 heavy (non-hydrogen) atoms. The summed E-state index contributed by atoms with van der Waals surface area (Å²) in [4.78, 5) is 31.6. The molecule has 2 unspecified atom stereocenters. The van der Waals surface area contributed by atoms with Crippen LogP contribution in [0.3, 0.4) is 0 Å². The van der Waals surface area contributed by atoms with Crippen LogP contribution in [-0.4, -0.2) is 45.9 Å². The number of benzene rings is 1. The second-order valence-electron chi connectivity index (χ2n) is 7.85. The van der Waals surface area contributed by atoms with Gasteiger partial charge >= 0.3 is 5.97 Å². The Morgan fingerprint density at radius 1 is 1.26 bits per heavy atom. The Bertz CT molecular complexity index is 1080. The van der Waals surface area contributed by atoms with Crippen molar-refractivity contribution in [3.63, 3.8) is 0 Å². The van der Waals surface area contributed by atoms with Crippen LogP contribution in [0.1, 0.15) is 43.4 Å². The topological polar surface area (TPSA) is 63.9 Å². The third-order valence-corrected chi connectivity index (χ3v) is 5.83. The van der Waals surface area contributed by atoms with Gasteiger partial charge in [-0.3, -0.25) is 9.59 Å². The Hall–Kier alpha value is -3.22. The number of esters is 1. The van der Waals surface area contributed by atoms with E-state index in [0.717, 1.165) is 29.7 Å². The van der Waals surface area contributed by atoms with Gasteiger partial charge in [0, 0.05) is 37.8 Å². The van der Waals surface area contributed by atoms with Crippen molar-refractivity contribution in [2.45, 2.75) is 32.1 Å². The lowest BCUT2D eigenvalue weighted by atomic mass is 9.91. The van der Waals surface area contributed by atoms with Gasteiger partial charge in [-0.25, -0.2) is 9.37 Å². The molecule has 0 bridgehead atoms. The van der Waals surface area contributed by atoms with Crippen molar-refractivity contribution in [3.8, 4) is 0 Å². The van der Waals surface area contributed by atoms with Gasteiger partial charge in [0.2, 0.25) is 5.91 Å². The quantitative estimate of drug-likeness (QED) is 0.566. The van der Waals surface area contributed by atoms with Gasteiger partial charge in [0.25, 0.3) is 0 Å². The molecular weight excluding hydrogens is 397 g/mol. The second kappa shape index (κ2) is 9.29. The van der Waals surface area contributed by atoms with Gasteiger partial charge in [0.1, 0.15) is 11.5 Å². The lowest BCUT2D eigenvalue weighted by Crippen LogP contribution is -2.43. The van der Waals surface area contributed by atoms with Crippen LogP contribution in [0.25, 0.3) is 5.65 Å². The highest BCUT2D eigenvalue weighted by atomic mass is 19.1. The van der Waals surface area contributed by atoms with Crippen molar-refractivity contribution < 1.29 is 18.7 Å². The molecule has 7 heteroatoms. The number of amides is 1. The summed E-state index contributed by atoms with van der Waals surface area (Å²) in [5.74, 6) is -1.30. The molecule has 0 aliphatic carbocycles. The second-order valence-corrected chi connectivity index (χ2v) is 7.85. The number of likely N-dealkylation sites (tertiary alicyclic amines) is 1. The molecule has 1 amide bonds. The van der Waals surface area contributed by atoms with E-state index in [2.05, 4.69) is 4.98 Å². The summed E-state index contributed by atoms with van der Waals surface area (Å²) in [6.07, 6.45) is 5.29. The largest absolute Gasteiger partial charge is 0.466 e. The number of aromatic nitrogens is 2. The van der Waals surface area contributed by atoms with Crippen molar-refractivity contribution in [2.75, 3.05) is 19.7 Å². The van der Waals surface area contributed by atoms with Crippen molar-refractivity contribution in [3.05, 3.63) is 71.9 Å². The summed E-state index contributed by atoms with van der Waals surface area (Å²) < 4.78 is 21.1. The van der Waals surface area contributed by atoms with E-state index in [9.17, 15) is 14.0 Å². The predicted molar refractivity (Wildman–Crippen MR) is 114 cm³/mol. The van der Waals surface area contributed by atoms with Crippen molar-refractivity contribution >= 4 is 17.5 Å². The number of piperidine rings is 1. The normalized spacial score (nSPS) is 17.5. The Morgan fingerprint density at radius 2 is 2.13 bits per heavy atom. The van der Waals surface area contributed by atoms with E-state index in [1.807, 2.05) is 34.9 Å². The smallest absolute Gasteiger partial charge is 0.310 e. The zero-order valence-corrected chi connectivity index (χ0v) is 17.5. The molecule has 0 radical (unpaired) electrons. The number of ether oxygens (including phenoxy) is 1. The molecular formula is C24H26FN3O3. The number of pyridine rings is 1. The number of hydrogen-bond acceptors (Lipinski definition) is 4. The number of halogens is 1. The molecule has 2 atom stereocenters. The number of carbonyl (C=O) groups is 2. The first-order valence-corrected chi connectivity index (χ1v) is 10.7. The molecule has 1 aromatic carbocycles. The summed E-state index contributed by atoms with van der Waals surface area (Å²) >= 11 is 0. The summed E-state index contributed by atoms with van der Waals surface area (Å²) in [6.45, 7) is 3.08. The molecule has 1 aliphatic heterocycles. The minimum absolute atomic E-state index is 0.0610. The van der Waals surface area contributed by atoms with Crippen LogP contribution in [0.15, 0.2) is 54.9 Å². The monoisotopic (exact) mass is 423 g/mol. The molecule has 1 aliphatic rings. The summed E-state index contributed by atoms with van der Waals surface area (Å²) in [5.41, 5.74) is 2.32. The zero-order valence-electron chi connectivity index (χ0n) is 17.5. The number of fused-ring (bicyclic) bond motifs is 1. The van der Waals surface area contributed by atoms with E-state index in [-0.39, 0.29) is 36.0 Å². The lowest BCUT2D eigenvalue weighted by molar-refractivity contribution is -0.151. The van der Waals surface area contributed by atoms with E-state index >= 15 is 0 Å². The summed E-state index contributed by atoms with van der Waals surface area (Å²) in [7, 11) is 0. The molecule has 2 aromatic heterocycles. The first-order valence-electron chi connectivity index (χ1n) is 10.7. The van der Waals surface area contributed by atoms with Crippen LogP contribution in [0, 0.1) is 11.7 Å². The molecule has 0 N–H and O–H groups in total. The van der Waals surface area contributed by atoms with Crippen LogP contribution in [0.4, 0.5) is 4.39 Å². The molecule has 0 saturated carbocycles. The third-order valence-electron chi connectivity index (χ3n) is 5.83. The number of rotatable bonds is 6. The Balaban J connectivity index is 1.61. The van der Waals surface area contributed by atoms with E-state index in [4.69, 9.17) is 4.74 Å². The Kier molecular flexibility index (Phi) is 6.30. The SMILES string of the molecule is CCOC(=O)C1CCCN(C(=O)CC(c2cccc(F)c2)c2cnc3ccccn23)C1. The minimum Gasteiger partial charge on any atom is -0.466 e. The number of hydrogen-bond donors (Lipinski definition) is 0. The molecule has 3 heterocycles. The van der Waals surface area contributed by atoms with Gasteiger partial charge in [-0.1, -0.05) is 18.2 Å². The average Bonchev–Trinajstić information content (AvgIpc) is 3.21. The summed E-state index contributed by atoms with van der Waals surface area (Å²) in [6, 6.07) is 12.0. The fraction of sp³-hybridized carbons (Fsp3) is 0.375.